The molecule has 5 rings (SSSR count). The van der Waals surface area contributed by atoms with E-state index in [0.29, 0.717) is 35.2 Å². The summed E-state index contributed by atoms with van der Waals surface area (Å²) < 4.78 is 9.72. The van der Waals surface area contributed by atoms with Crippen LogP contribution in [-0.4, -0.2) is 30.1 Å². The Balaban J connectivity index is 1.28. The summed E-state index contributed by atoms with van der Waals surface area (Å²) in [4.78, 5) is 21.5. The molecule has 34 heavy (non-hydrogen) atoms. The van der Waals surface area contributed by atoms with Crippen molar-refractivity contribution >= 4 is 23.2 Å². The van der Waals surface area contributed by atoms with Crippen LogP contribution in [0, 0.1) is 6.92 Å². The first-order chi connectivity index (χ1) is 16.5. The second kappa shape index (κ2) is 9.07. The fourth-order valence-electron chi connectivity index (χ4n) is 3.59. The van der Waals surface area contributed by atoms with E-state index >= 15 is 0 Å². The molecule has 9 nitrogen and oxygen atoms in total. The number of pyridine rings is 2. The Morgan fingerprint density at radius 2 is 1.91 bits per heavy atom. The molecule has 4 heterocycles. The first-order valence-electron chi connectivity index (χ1n) is 10.8. The minimum atomic E-state index is -0.168. The van der Waals surface area contributed by atoms with Crippen LogP contribution in [0.3, 0.4) is 0 Å². The van der Waals surface area contributed by atoms with Crippen LogP contribution < -0.4 is 15.4 Å². The molecule has 0 atom stereocenters. The Kier molecular flexibility index (Phi) is 5.65. The predicted molar refractivity (Wildman–Crippen MR) is 128 cm³/mol. The van der Waals surface area contributed by atoms with Crippen molar-refractivity contribution in [2.45, 2.75) is 13.5 Å². The third kappa shape index (κ3) is 4.58. The molecule has 0 fully saturated rings. The highest BCUT2D eigenvalue weighted by atomic mass is 16.5. The quantitative estimate of drug-likeness (QED) is 0.383. The van der Waals surface area contributed by atoms with Crippen molar-refractivity contribution in [3.05, 3.63) is 96.2 Å². The van der Waals surface area contributed by atoms with E-state index in [4.69, 9.17) is 4.74 Å². The van der Waals surface area contributed by atoms with E-state index in [2.05, 4.69) is 25.7 Å². The molecule has 9 heteroatoms. The molecule has 0 aliphatic carbocycles. The van der Waals surface area contributed by atoms with Gasteiger partial charge in [0.05, 0.1) is 0 Å². The Hall–Kier alpha value is -4.66. The molecule has 170 valence electrons. The van der Waals surface area contributed by atoms with E-state index in [1.807, 2.05) is 67.3 Å². The number of imidazole rings is 1. The molecule has 0 spiro atoms. The van der Waals surface area contributed by atoms with Gasteiger partial charge in [0.25, 0.3) is 5.91 Å². The lowest BCUT2D eigenvalue weighted by Crippen LogP contribution is -2.23. The number of hydrogen-bond acceptors (Lipinski definition) is 6. The molecule has 5 aromatic rings. The maximum Gasteiger partial charge on any atom is 0.251 e. The van der Waals surface area contributed by atoms with Crippen LogP contribution in [0.2, 0.25) is 0 Å². The number of nitrogens with zero attached hydrogens (tertiary/aromatic N) is 5. The number of amides is 1. The third-order valence-electron chi connectivity index (χ3n) is 5.37. The van der Waals surface area contributed by atoms with Gasteiger partial charge < -0.3 is 19.8 Å². The number of rotatable bonds is 7. The molecular formula is C25H23N7O2. The first kappa shape index (κ1) is 21.2. The van der Waals surface area contributed by atoms with Crippen molar-refractivity contribution < 1.29 is 9.53 Å². The standard InChI is InChI=1S/C25H23N7O2/c1-17-20(25(33)28-16-18-7-12-32-13-10-27-24(32)14-18)4-3-5-21(17)34-19-6-9-26-23(15-19)29-22-8-11-31(2)30-22/h3-15H,16H2,1-2H3,(H,28,33)(H,26,29,30). The van der Waals surface area contributed by atoms with Gasteiger partial charge in [0.15, 0.2) is 5.82 Å². The average Bonchev–Trinajstić information content (AvgIpc) is 3.47. The van der Waals surface area contributed by atoms with Gasteiger partial charge in [-0.05, 0) is 42.8 Å². The average molecular weight is 454 g/mol. The van der Waals surface area contributed by atoms with Gasteiger partial charge in [0.2, 0.25) is 0 Å². The van der Waals surface area contributed by atoms with E-state index < -0.39 is 0 Å². The highest BCUT2D eigenvalue weighted by Gasteiger charge is 2.13. The smallest absolute Gasteiger partial charge is 0.251 e. The number of carbonyl (C=O) groups excluding carboxylic acids is 1. The van der Waals surface area contributed by atoms with Gasteiger partial charge in [0, 0.05) is 67.8 Å². The van der Waals surface area contributed by atoms with Gasteiger partial charge in [-0.2, -0.15) is 5.10 Å². The highest BCUT2D eigenvalue weighted by Crippen LogP contribution is 2.28. The SMILES string of the molecule is Cc1c(Oc2ccnc(Nc3ccn(C)n3)c2)cccc1C(=O)NCc1ccn2ccnc2c1. The topological polar surface area (TPSA) is 98.4 Å². The molecule has 0 saturated carbocycles. The predicted octanol–water partition coefficient (Wildman–Crippen LogP) is 4.24. The minimum Gasteiger partial charge on any atom is -0.457 e. The molecule has 0 aliphatic rings. The fourth-order valence-corrected chi connectivity index (χ4v) is 3.59. The van der Waals surface area contributed by atoms with E-state index in [1.54, 1.807) is 35.3 Å². The lowest BCUT2D eigenvalue weighted by Gasteiger charge is -2.13. The van der Waals surface area contributed by atoms with Crippen molar-refractivity contribution in [1.29, 1.82) is 0 Å². The normalized spacial score (nSPS) is 10.9. The number of ether oxygens (including phenoxy) is 1. The lowest BCUT2D eigenvalue weighted by atomic mass is 10.1. The Bertz CT molecular complexity index is 1470. The van der Waals surface area contributed by atoms with Gasteiger partial charge in [-0.25, -0.2) is 9.97 Å². The lowest BCUT2D eigenvalue weighted by molar-refractivity contribution is 0.0950. The zero-order valence-electron chi connectivity index (χ0n) is 18.8. The van der Waals surface area contributed by atoms with Gasteiger partial charge in [-0.3, -0.25) is 9.48 Å². The second-order valence-electron chi connectivity index (χ2n) is 7.82. The highest BCUT2D eigenvalue weighted by molar-refractivity contribution is 5.96. The van der Waals surface area contributed by atoms with E-state index in [0.717, 1.165) is 16.8 Å². The molecule has 0 aliphatic heterocycles. The van der Waals surface area contributed by atoms with Gasteiger partial charge >= 0.3 is 0 Å². The van der Waals surface area contributed by atoms with Crippen LogP contribution in [-0.2, 0) is 13.6 Å². The van der Waals surface area contributed by atoms with Crippen molar-refractivity contribution in [2.24, 2.45) is 7.05 Å². The molecule has 1 amide bonds. The molecule has 0 unspecified atom stereocenters. The summed E-state index contributed by atoms with van der Waals surface area (Å²) in [7, 11) is 1.85. The van der Waals surface area contributed by atoms with Crippen LogP contribution in [0.1, 0.15) is 21.5 Å². The largest absolute Gasteiger partial charge is 0.457 e. The molecule has 1 aromatic carbocycles. The summed E-state index contributed by atoms with van der Waals surface area (Å²) in [5.74, 6) is 2.33. The molecule has 4 aromatic heterocycles. The number of nitrogens with one attached hydrogen (secondary N) is 2. The third-order valence-corrected chi connectivity index (χ3v) is 5.37. The number of aryl methyl sites for hydroxylation is 1. The Morgan fingerprint density at radius 3 is 2.76 bits per heavy atom. The van der Waals surface area contributed by atoms with E-state index in [9.17, 15) is 4.79 Å². The number of hydrogen-bond donors (Lipinski definition) is 2. The summed E-state index contributed by atoms with van der Waals surface area (Å²) in [5.41, 5.74) is 3.12. The Labute approximate surface area is 196 Å². The number of carbonyl (C=O) groups is 1. The number of benzene rings is 1. The first-order valence-corrected chi connectivity index (χ1v) is 10.8. The van der Waals surface area contributed by atoms with Gasteiger partial charge in [-0.1, -0.05) is 6.07 Å². The Morgan fingerprint density at radius 1 is 1.00 bits per heavy atom. The second-order valence-corrected chi connectivity index (χ2v) is 7.82. The van der Waals surface area contributed by atoms with Crippen molar-refractivity contribution in [3.8, 4) is 11.5 Å². The van der Waals surface area contributed by atoms with Gasteiger partial charge in [0.1, 0.15) is 23.0 Å². The number of fused-ring (bicyclic) bond motifs is 1. The molecule has 0 bridgehead atoms. The van der Waals surface area contributed by atoms with Crippen LogP contribution in [0.25, 0.3) is 5.65 Å². The van der Waals surface area contributed by atoms with E-state index in [-0.39, 0.29) is 5.91 Å². The molecule has 0 saturated heterocycles. The fraction of sp³-hybridized carbons (Fsp3) is 0.120. The summed E-state index contributed by atoms with van der Waals surface area (Å²) in [6.07, 6.45) is 9.05. The number of anilines is 2. The molecule has 2 N–H and O–H groups in total. The summed E-state index contributed by atoms with van der Waals surface area (Å²) in [6.45, 7) is 2.27. The zero-order chi connectivity index (χ0) is 23.5. The summed E-state index contributed by atoms with van der Waals surface area (Å²) in [6, 6.07) is 14.7. The van der Waals surface area contributed by atoms with Crippen LogP contribution in [0.15, 0.2) is 79.5 Å². The summed E-state index contributed by atoms with van der Waals surface area (Å²) >= 11 is 0. The van der Waals surface area contributed by atoms with Crippen molar-refractivity contribution in [2.75, 3.05) is 5.32 Å². The van der Waals surface area contributed by atoms with Crippen LogP contribution >= 0.6 is 0 Å². The van der Waals surface area contributed by atoms with Crippen LogP contribution in [0.5, 0.6) is 11.5 Å². The number of aromatic nitrogens is 5. The minimum absolute atomic E-state index is 0.168. The van der Waals surface area contributed by atoms with E-state index in [1.165, 1.54) is 0 Å². The zero-order valence-corrected chi connectivity index (χ0v) is 18.8. The monoisotopic (exact) mass is 453 g/mol. The maximum atomic E-state index is 12.9. The molecule has 0 radical (unpaired) electrons. The van der Waals surface area contributed by atoms with Crippen molar-refractivity contribution in [1.82, 2.24) is 29.5 Å². The maximum absolute atomic E-state index is 12.9. The summed E-state index contributed by atoms with van der Waals surface area (Å²) in [5, 5.41) is 10.4. The van der Waals surface area contributed by atoms with Gasteiger partial charge in [-0.15, -0.1) is 0 Å². The van der Waals surface area contributed by atoms with Crippen molar-refractivity contribution in [3.63, 3.8) is 0 Å². The molecular weight excluding hydrogens is 430 g/mol. The van der Waals surface area contributed by atoms with Crippen LogP contribution in [0.4, 0.5) is 11.6 Å².